The molecule has 6 nitrogen and oxygen atoms in total. The molecule has 1 fully saturated rings. The highest BCUT2D eigenvalue weighted by atomic mass is 32.1. The van der Waals surface area contributed by atoms with Crippen molar-refractivity contribution < 1.29 is 18.0 Å². The summed E-state index contributed by atoms with van der Waals surface area (Å²) in [6, 6.07) is 9.46. The van der Waals surface area contributed by atoms with Crippen LogP contribution >= 0.6 is 11.3 Å². The summed E-state index contributed by atoms with van der Waals surface area (Å²) >= 11 is 1.08. The number of hydrogen-bond acceptors (Lipinski definition) is 6. The standard InChI is InChI=1S/C23H26F3N5OS/c1-27-21(32)16-6-4-15(5-7-16)13-28-17-3-2-9-31(10-8-17)20-19-11-18(12-23(24,25)26)33-22(19)30-14-29-20/h4-7,11,14,17,28H,2-3,8-10,12-13H2,1H3,(H,27,32). The van der Waals surface area contributed by atoms with Gasteiger partial charge in [-0.05, 0) is 43.0 Å². The van der Waals surface area contributed by atoms with Gasteiger partial charge in [-0.25, -0.2) is 9.97 Å². The summed E-state index contributed by atoms with van der Waals surface area (Å²) in [6.45, 7) is 2.28. The van der Waals surface area contributed by atoms with Crippen LogP contribution in [0.1, 0.15) is 40.1 Å². The highest BCUT2D eigenvalue weighted by Crippen LogP contribution is 2.34. The lowest BCUT2D eigenvalue weighted by Crippen LogP contribution is -2.31. The first-order valence-corrected chi connectivity index (χ1v) is 11.7. The minimum absolute atomic E-state index is 0.103. The van der Waals surface area contributed by atoms with Gasteiger partial charge >= 0.3 is 6.18 Å². The second kappa shape index (κ2) is 10.0. The summed E-state index contributed by atoms with van der Waals surface area (Å²) in [5.41, 5.74) is 1.74. The lowest BCUT2D eigenvalue weighted by atomic mass is 10.1. The number of halogens is 3. The Morgan fingerprint density at radius 2 is 1.97 bits per heavy atom. The maximum absolute atomic E-state index is 12.8. The predicted molar refractivity (Wildman–Crippen MR) is 124 cm³/mol. The van der Waals surface area contributed by atoms with Crippen LogP contribution in [-0.2, 0) is 13.0 Å². The fourth-order valence-electron chi connectivity index (χ4n) is 4.12. The van der Waals surface area contributed by atoms with Crippen molar-refractivity contribution in [2.75, 3.05) is 25.0 Å². The van der Waals surface area contributed by atoms with Crippen molar-refractivity contribution in [3.05, 3.63) is 52.7 Å². The Hall–Kier alpha value is -2.72. The van der Waals surface area contributed by atoms with E-state index >= 15 is 0 Å². The first-order valence-electron chi connectivity index (χ1n) is 10.9. The van der Waals surface area contributed by atoms with Crippen molar-refractivity contribution in [2.24, 2.45) is 0 Å². The monoisotopic (exact) mass is 477 g/mol. The van der Waals surface area contributed by atoms with Crippen LogP contribution in [0.2, 0.25) is 0 Å². The van der Waals surface area contributed by atoms with Crippen molar-refractivity contribution in [3.8, 4) is 0 Å². The third-order valence-corrected chi connectivity index (χ3v) is 6.84. The van der Waals surface area contributed by atoms with E-state index < -0.39 is 12.6 Å². The van der Waals surface area contributed by atoms with Gasteiger partial charge in [-0.15, -0.1) is 11.3 Å². The molecule has 33 heavy (non-hydrogen) atoms. The molecular weight excluding hydrogens is 451 g/mol. The van der Waals surface area contributed by atoms with Gasteiger partial charge in [0, 0.05) is 43.2 Å². The van der Waals surface area contributed by atoms with Gasteiger partial charge in [0.15, 0.2) is 0 Å². The second-order valence-electron chi connectivity index (χ2n) is 8.19. The number of carbonyl (C=O) groups excluding carboxylic acids is 1. The molecule has 1 aromatic carbocycles. The normalized spacial score (nSPS) is 17.2. The van der Waals surface area contributed by atoms with E-state index in [0.717, 1.165) is 55.1 Å². The van der Waals surface area contributed by atoms with Crippen LogP contribution in [0.15, 0.2) is 36.7 Å². The van der Waals surface area contributed by atoms with E-state index in [1.807, 2.05) is 24.3 Å². The molecule has 0 saturated carbocycles. The minimum atomic E-state index is -4.24. The molecule has 0 aliphatic carbocycles. The summed E-state index contributed by atoms with van der Waals surface area (Å²) in [6.07, 6.45) is -0.874. The van der Waals surface area contributed by atoms with Crippen molar-refractivity contribution in [1.29, 1.82) is 0 Å². The van der Waals surface area contributed by atoms with Crippen molar-refractivity contribution in [3.63, 3.8) is 0 Å². The Kier molecular flexibility index (Phi) is 7.14. The minimum Gasteiger partial charge on any atom is -0.356 e. The van der Waals surface area contributed by atoms with E-state index in [9.17, 15) is 18.0 Å². The van der Waals surface area contributed by atoms with Gasteiger partial charge < -0.3 is 15.5 Å². The average molecular weight is 478 g/mol. The van der Waals surface area contributed by atoms with Gasteiger partial charge in [-0.2, -0.15) is 13.2 Å². The van der Waals surface area contributed by atoms with Gasteiger partial charge in [0.05, 0.1) is 11.8 Å². The maximum atomic E-state index is 12.8. The molecule has 2 aromatic heterocycles. The smallest absolute Gasteiger partial charge is 0.356 e. The quantitative estimate of drug-likeness (QED) is 0.554. The number of fused-ring (bicyclic) bond motifs is 1. The van der Waals surface area contributed by atoms with E-state index in [1.54, 1.807) is 13.1 Å². The number of anilines is 1. The molecular formula is C23H26F3N5OS. The molecule has 0 bridgehead atoms. The lowest BCUT2D eigenvalue weighted by Gasteiger charge is -2.22. The van der Waals surface area contributed by atoms with Crippen LogP contribution in [0.4, 0.5) is 19.0 Å². The van der Waals surface area contributed by atoms with Gasteiger partial charge in [-0.1, -0.05) is 12.1 Å². The van der Waals surface area contributed by atoms with Gasteiger partial charge in [0.25, 0.3) is 5.91 Å². The molecule has 1 saturated heterocycles. The number of amides is 1. The molecule has 1 unspecified atom stereocenters. The second-order valence-corrected chi connectivity index (χ2v) is 9.31. The molecule has 1 aliphatic rings. The molecule has 4 rings (SSSR count). The van der Waals surface area contributed by atoms with Crippen LogP contribution in [0.25, 0.3) is 10.2 Å². The molecule has 0 radical (unpaired) electrons. The maximum Gasteiger partial charge on any atom is 0.393 e. The molecule has 176 valence electrons. The zero-order valence-corrected chi connectivity index (χ0v) is 19.1. The number of nitrogens with zero attached hydrogens (tertiary/aromatic N) is 3. The van der Waals surface area contributed by atoms with Crippen LogP contribution in [0.3, 0.4) is 0 Å². The fourth-order valence-corrected chi connectivity index (χ4v) is 5.14. The van der Waals surface area contributed by atoms with Crippen LogP contribution < -0.4 is 15.5 Å². The van der Waals surface area contributed by atoms with E-state index in [4.69, 9.17) is 0 Å². The van der Waals surface area contributed by atoms with E-state index in [2.05, 4.69) is 25.5 Å². The third kappa shape index (κ3) is 6.00. The zero-order valence-electron chi connectivity index (χ0n) is 18.3. The number of carbonyl (C=O) groups is 1. The van der Waals surface area contributed by atoms with Gasteiger partial charge in [-0.3, -0.25) is 4.79 Å². The van der Waals surface area contributed by atoms with Crippen LogP contribution in [0.5, 0.6) is 0 Å². The van der Waals surface area contributed by atoms with Crippen LogP contribution in [0, 0.1) is 0 Å². The van der Waals surface area contributed by atoms with E-state index in [0.29, 0.717) is 28.4 Å². The first kappa shape index (κ1) is 23.4. The first-order chi connectivity index (χ1) is 15.8. The Bertz CT molecular complexity index is 1100. The Labute approximate surface area is 194 Å². The SMILES string of the molecule is CNC(=O)c1ccc(CNC2CCCN(c3ncnc4sc(CC(F)(F)F)cc34)CC2)cc1. The van der Waals surface area contributed by atoms with Crippen molar-refractivity contribution >= 4 is 33.3 Å². The van der Waals surface area contributed by atoms with Gasteiger partial charge in [0.1, 0.15) is 17.0 Å². The predicted octanol–water partition coefficient (Wildman–Crippen LogP) is 4.30. The molecule has 0 spiro atoms. The number of rotatable bonds is 6. The molecule has 2 N–H and O–H groups in total. The fraction of sp³-hybridized carbons (Fsp3) is 0.435. The number of alkyl halides is 3. The van der Waals surface area contributed by atoms with Crippen molar-refractivity contribution in [1.82, 2.24) is 20.6 Å². The Morgan fingerprint density at radius 1 is 1.18 bits per heavy atom. The topological polar surface area (TPSA) is 70.2 Å². The highest BCUT2D eigenvalue weighted by molar-refractivity contribution is 7.18. The zero-order chi connectivity index (χ0) is 23.4. The number of aromatic nitrogens is 2. The van der Waals surface area contributed by atoms with E-state index in [1.165, 1.54) is 6.33 Å². The number of thiophene rings is 1. The molecule has 10 heteroatoms. The molecule has 1 amide bonds. The van der Waals surface area contributed by atoms with Crippen molar-refractivity contribution in [2.45, 2.75) is 44.4 Å². The largest absolute Gasteiger partial charge is 0.393 e. The molecule has 3 aromatic rings. The highest BCUT2D eigenvalue weighted by Gasteiger charge is 2.29. The molecule has 1 atom stereocenters. The lowest BCUT2D eigenvalue weighted by molar-refractivity contribution is -0.126. The van der Waals surface area contributed by atoms with E-state index in [-0.39, 0.29) is 10.8 Å². The summed E-state index contributed by atoms with van der Waals surface area (Å²) < 4.78 is 38.5. The summed E-state index contributed by atoms with van der Waals surface area (Å²) in [5.74, 6) is 0.614. The summed E-state index contributed by atoms with van der Waals surface area (Å²) in [5, 5.41) is 6.91. The number of benzene rings is 1. The number of hydrogen-bond donors (Lipinski definition) is 2. The summed E-state index contributed by atoms with van der Waals surface area (Å²) in [4.78, 5) is 23.3. The van der Waals surface area contributed by atoms with Gasteiger partial charge in [0.2, 0.25) is 0 Å². The average Bonchev–Trinajstić information content (AvgIpc) is 3.04. The third-order valence-electron chi connectivity index (χ3n) is 5.80. The summed E-state index contributed by atoms with van der Waals surface area (Å²) in [7, 11) is 1.61. The molecule has 3 heterocycles. The Morgan fingerprint density at radius 3 is 2.70 bits per heavy atom. The molecule has 1 aliphatic heterocycles. The number of nitrogens with one attached hydrogen (secondary N) is 2. The van der Waals surface area contributed by atoms with Crippen LogP contribution in [-0.4, -0.2) is 48.2 Å². The Balaban J connectivity index is 1.38.